The SMILES string of the molecule is COCCOCCC1(CNC(C)(C)C)CCCCC1. The van der Waals surface area contributed by atoms with Gasteiger partial charge in [-0.15, -0.1) is 0 Å². The van der Waals surface area contributed by atoms with E-state index < -0.39 is 0 Å². The van der Waals surface area contributed by atoms with Crippen molar-refractivity contribution >= 4 is 0 Å². The van der Waals surface area contributed by atoms with E-state index in [1.54, 1.807) is 7.11 Å². The van der Waals surface area contributed by atoms with E-state index in [0.717, 1.165) is 19.8 Å². The maximum atomic E-state index is 5.68. The summed E-state index contributed by atoms with van der Waals surface area (Å²) in [7, 11) is 1.72. The van der Waals surface area contributed by atoms with Gasteiger partial charge in [0.1, 0.15) is 0 Å². The first-order valence-corrected chi connectivity index (χ1v) is 7.79. The first-order chi connectivity index (χ1) is 8.97. The lowest BCUT2D eigenvalue weighted by molar-refractivity contribution is 0.0396. The summed E-state index contributed by atoms with van der Waals surface area (Å²) in [5.41, 5.74) is 0.667. The Kier molecular flexibility index (Phi) is 7.33. The first-order valence-electron chi connectivity index (χ1n) is 7.79. The highest BCUT2D eigenvalue weighted by Gasteiger charge is 2.32. The molecule has 0 saturated heterocycles. The number of hydrogen-bond donors (Lipinski definition) is 1. The Morgan fingerprint density at radius 3 is 2.26 bits per heavy atom. The maximum Gasteiger partial charge on any atom is 0.0700 e. The summed E-state index contributed by atoms with van der Waals surface area (Å²) in [6.45, 7) is 10.2. The predicted octanol–water partition coefficient (Wildman–Crippen LogP) is 3.38. The molecule has 1 aliphatic rings. The van der Waals surface area contributed by atoms with Crippen LogP contribution in [0.3, 0.4) is 0 Å². The van der Waals surface area contributed by atoms with Crippen LogP contribution in [0.5, 0.6) is 0 Å². The Morgan fingerprint density at radius 1 is 1.00 bits per heavy atom. The van der Waals surface area contributed by atoms with Gasteiger partial charge in [-0.25, -0.2) is 0 Å². The average molecular weight is 271 g/mol. The van der Waals surface area contributed by atoms with Gasteiger partial charge in [0.2, 0.25) is 0 Å². The van der Waals surface area contributed by atoms with Crippen LogP contribution in [0.2, 0.25) is 0 Å². The summed E-state index contributed by atoms with van der Waals surface area (Å²) in [5, 5.41) is 3.70. The molecule has 1 rings (SSSR count). The quantitative estimate of drug-likeness (QED) is 0.687. The summed E-state index contributed by atoms with van der Waals surface area (Å²) in [6.07, 6.45) is 8.04. The van der Waals surface area contributed by atoms with Crippen LogP contribution in [-0.4, -0.2) is 39.0 Å². The lowest BCUT2D eigenvalue weighted by Crippen LogP contribution is -2.45. The van der Waals surface area contributed by atoms with Gasteiger partial charge in [0.15, 0.2) is 0 Å². The van der Waals surface area contributed by atoms with E-state index in [1.165, 1.54) is 38.5 Å². The van der Waals surface area contributed by atoms with Crippen LogP contribution < -0.4 is 5.32 Å². The van der Waals surface area contributed by atoms with Crippen LogP contribution in [0.15, 0.2) is 0 Å². The second kappa shape index (κ2) is 8.23. The van der Waals surface area contributed by atoms with Crippen LogP contribution in [0.4, 0.5) is 0 Å². The molecule has 0 bridgehead atoms. The Bertz CT molecular complexity index is 229. The Balaban J connectivity index is 2.36. The van der Waals surface area contributed by atoms with Crippen molar-refractivity contribution in [1.82, 2.24) is 5.32 Å². The van der Waals surface area contributed by atoms with Crippen molar-refractivity contribution in [3.8, 4) is 0 Å². The third kappa shape index (κ3) is 7.28. The summed E-state index contributed by atoms with van der Waals surface area (Å²) in [5.74, 6) is 0. The standard InChI is InChI=1S/C16H33NO2/c1-15(2,3)17-14-16(8-6-5-7-9-16)10-11-19-13-12-18-4/h17H,5-14H2,1-4H3. The van der Waals surface area contributed by atoms with E-state index in [2.05, 4.69) is 26.1 Å². The number of hydrogen-bond acceptors (Lipinski definition) is 3. The highest BCUT2D eigenvalue weighted by atomic mass is 16.5. The molecule has 0 heterocycles. The molecule has 0 atom stereocenters. The summed E-state index contributed by atoms with van der Waals surface area (Å²) in [4.78, 5) is 0. The normalized spacial score (nSPS) is 19.6. The summed E-state index contributed by atoms with van der Waals surface area (Å²) in [6, 6.07) is 0. The van der Waals surface area contributed by atoms with Gasteiger partial charge < -0.3 is 14.8 Å². The highest BCUT2D eigenvalue weighted by molar-refractivity contribution is 4.87. The third-order valence-electron chi connectivity index (χ3n) is 4.12. The molecule has 0 aromatic carbocycles. The fourth-order valence-corrected chi connectivity index (χ4v) is 2.80. The number of rotatable bonds is 8. The van der Waals surface area contributed by atoms with Gasteiger partial charge in [-0.05, 0) is 45.4 Å². The molecule has 0 unspecified atom stereocenters. The zero-order chi connectivity index (χ0) is 14.2. The van der Waals surface area contributed by atoms with Crippen molar-refractivity contribution in [2.75, 3.05) is 33.5 Å². The molecule has 0 aromatic heterocycles. The second-order valence-corrected chi connectivity index (χ2v) is 7.02. The fourth-order valence-electron chi connectivity index (χ4n) is 2.80. The maximum absolute atomic E-state index is 5.68. The van der Waals surface area contributed by atoms with Gasteiger partial charge >= 0.3 is 0 Å². The molecule has 3 heteroatoms. The fraction of sp³-hybridized carbons (Fsp3) is 1.00. The molecular weight excluding hydrogens is 238 g/mol. The molecule has 0 aliphatic heterocycles. The average Bonchev–Trinajstić information content (AvgIpc) is 2.37. The molecule has 0 aromatic rings. The molecule has 0 radical (unpaired) electrons. The third-order valence-corrected chi connectivity index (χ3v) is 4.12. The van der Waals surface area contributed by atoms with E-state index in [1.807, 2.05) is 0 Å². The van der Waals surface area contributed by atoms with Gasteiger partial charge in [0.05, 0.1) is 13.2 Å². The molecule has 1 N–H and O–H groups in total. The largest absolute Gasteiger partial charge is 0.382 e. The molecule has 19 heavy (non-hydrogen) atoms. The van der Waals surface area contributed by atoms with Crippen molar-refractivity contribution < 1.29 is 9.47 Å². The summed E-state index contributed by atoms with van der Waals surface area (Å²) < 4.78 is 10.7. The van der Waals surface area contributed by atoms with Crippen molar-refractivity contribution in [2.45, 2.75) is 64.8 Å². The zero-order valence-corrected chi connectivity index (χ0v) is 13.4. The van der Waals surface area contributed by atoms with E-state index in [-0.39, 0.29) is 5.54 Å². The molecule has 0 spiro atoms. The lowest BCUT2D eigenvalue weighted by atomic mass is 9.71. The van der Waals surface area contributed by atoms with E-state index in [0.29, 0.717) is 12.0 Å². The van der Waals surface area contributed by atoms with Gasteiger partial charge in [0, 0.05) is 25.8 Å². The van der Waals surface area contributed by atoms with Crippen molar-refractivity contribution in [1.29, 1.82) is 0 Å². The Morgan fingerprint density at radius 2 is 1.68 bits per heavy atom. The van der Waals surface area contributed by atoms with Gasteiger partial charge in [0.25, 0.3) is 0 Å². The van der Waals surface area contributed by atoms with E-state index in [9.17, 15) is 0 Å². The van der Waals surface area contributed by atoms with Gasteiger partial charge in [-0.1, -0.05) is 19.3 Å². The highest BCUT2D eigenvalue weighted by Crippen LogP contribution is 2.39. The van der Waals surface area contributed by atoms with Crippen molar-refractivity contribution in [3.05, 3.63) is 0 Å². The molecule has 1 aliphatic carbocycles. The first kappa shape index (κ1) is 16.9. The second-order valence-electron chi connectivity index (χ2n) is 7.02. The number of ether oxygens (including phenoxy) is 2. The molecule has 1 saturated carbocycles. The van der Waals surface area contributed by atoms with Crippen molar-refractivity contribution in [3.63, 3.8) is 0 Å². The minimum atomic E-state index is 0.210. The number of methoxy groups -OCH3 is 1. The van der Waals surface area contributed by atoms with Gasteiger partial charge in [-0.3, -0.25) is 0 Å². The van der Waals surface area contributed by atoms with Crippen LogP contribution in [-0.2, 0) is 9.47 Å². The van der Waals surface area contributed by atoms with Gasteiger partial charge in [-0.2, -0.15) is 0 Å². The van der Waals surface area contributed by atoms with Crippen LogP contribution in [0, 0.1) is 5.41 Å². The monoisotopic (exact) mass is 271 g/mol. The topological polar surface area (TPSA) is 30.5 Å². The van der Waals surface area contributed by atoms with Crippen LogP contribution >= 0.6 is 0 Å². The number of nitrogens with one attached hydrogen (secondary N) is 1. The smallest absolute Gasteiger partial charge is 0.0700 e. The Hall–Kier alpha value is -0.120. The van der Waals surface area contributed by atoms with E-state index in [4.69, 9.17) is 9.47 Å². The molecule has 1 fully saturated rings. The lowest BCUT2D eigenvalue weighted by Gasteiger charge is -2.40. The minimum Gasteiger partial charge on any atom is -0.382 e. The van der Waals surface area contributed by atoms with Crippen LogP contribution in [0.25, 0.3) is 0 Å². The zero-order valence-electron chi connectivity index (χ0n) is 13.4. The Labute approximate surface area is 119 Å². The molecule has 0 amide bonds. The van der Waals surface area contributed by atoms with E-state index >= 15 is 0 Å². The molecule has 114 valence electrons. The van der Waals surface area contributed by atoms with Crippen molar-refractivity contribution in [2.24, 2.45) is 5.41 Å². The predicted molar refractivity (Wildman–Crippen MR) is 80.6 cm³/mol. The molecular formula is C16H33NO2. The minimum absolute atomic E-state index is 0.210. The van der Waals surface area contributed by atoms with Crippen LogP contribution in [0.1, 0.15) is 59.3 Å². The molecule has 3 nitrogen and oxygen atoms in total. The summed E-state index contributed by atoms with van der Waals surface area (Å²) >= 11 is 0.